The van der Waals surface area contributed by atoms with Crippen LogP contribution in [-0.4, -0.2) is 86.3 Å². The average molecular weight is 865 g/mol. The van der Waals surface area contributed by atoms with Gasteiger partial charge in [-0.1, -0.05) is 146 Å². The molecule has 328 valence electrons. The molecule has 1 unspecified atom stereocenters. The van der Waals surface area contributed by atoms with E-state index in [2.05, 4.69) is 46.6 Å². The molecule has 0 radical (unpaired) electrons. The number of aliphatic hydroxyl groups excluding tert-OH is 2. The number of fused-ring (bicyclic) bond motifs is 1. The summed E-state index contributed by atoms with van der Waals surface area (Å²) in [5.74, 6) is 1.95. The molecule has 10 rings (SSSR count). The first-order valence-electron chi connectivity index (χ1n) is 22.2. The number of hydrogen-bond donors (Lipinski definition) is 3. The number of ether oxygens (including phenoxy) is 3. The van der Waals surface area contributed by atoms with Gasteiger partial charge in [0.05, 0.1) is 32.0 Å². The van der Waals surface area contributed by atoms with Crippen LogP contribution in [0, 0.1) is 0 Å². The largest absolute Gasteiger partial charge is 0.497 e. The Morgan fingerprint density at radius 3 is 1.58 bits per heavy atom. The molecule has 8 aromatic rings. The van der Waals surface area contributed by atoms with Crippen LogP contribution in [0.5, 0.6) is 11.5 Å². The van der Waals surface area contributed by atoms with Crippen molar-refractivity contribution in [2.24, 2.45) is 0 Å². The number of aromatic nitrogens is 4. The van der Waals surface area contributed by atoms with Crippen LogP contribution in [0.25, 0.3) is 11.2 Å². The van der Waals surface area contributed by atoms with Crippen LogP contribution < -0.4 is 14.8 Å². The standard InChI is InChI=1S/C54H52N6O5/c1-63-43-29-25-39(26-30-43)53(37-17-7-3-8-18-37,38-19-9-4-10-20-38)49(62)48-47(61)46(59-33-15-16-34-59)52(65-48)60-36-57-45-50(55-35-56-51(45)60)58-54(40-21-11-5-12-22-40,41-23-13-6-14-24-41)42-27-31-44(64-2)32-28-42/h3-14,17-32,35-36,46-49,52,61-62H,15-16,33-34H2,1-2H3,(H,55,56,58)/t46-,47+,48+,49?,52-/m1/s1. The van der Waals surface area contributed by atoms with E-state index in [4.69, 9.17) is 29.2 Å². The first kappa shape index (κ1) is 42.1. The van der Waals surface area contributed by atoms with Gasteiger partial charge in [-0.15, -0.1) is 0 Å². The predicted molar refractivity (Wildman–Crippen MR) is 251 cm³/mol. The number of nitrogens with one attached hydrogen (secondary N) is 1. The van der Waals surface area contributed by atoms with Crippen molar-refractivity contribution in [3.05, 3.63) is 216 Å². The van der Waals surface area contributed by atoms with Crippen LogP contribution in [0.1, 0.15) is 52.5 Å². The van der Waals surface area contributed by atoms with Crippen molar-refractivity contribution in [1.82, 2.24) is 24.4 Å². The zero-order valence-corrected chi connectivity index (χ0v) is 36.4. The number of methoxy groups -OCH3 is 2. The van der Waals surface area contributed by atoms with Gasteiger partial charge in [-0.3, -0.25) is 9.47 Å². The number of nitrogens with zero attached hydrogens (tertiary/aromatic N) is 5. The summed E-state index contributed by atoms with van der Waals surface area (Å²) in [7, 11) is 3.30. The quantitative estimate of drug-likeness (QED) is 0.0919. The van der Waals surface area contributed by atoms with Crippen molar-refractivity contribution in [2.45, 2.75) is 54.4 Å². The van der Waals surface area contributed by atoms with Crippen LogP contribution in [0.3, 0.4) is 0 Å². The molecule has 4 heterocycles. The van der Waals surface area contributed by atoms with Gasteiger partial charge in [-0.2, -0.15) is 0 Å². The van der Waals surface area contributed by atoms with Gasteiger partial charge in [-0.05, 0) is 83.6 Å². The molecule has 11 heteroatoms. The highest BCUT2D eigenvalue weighted by Gasteiger charge is 2.57. The second-order valence-corrected chi connectivity index (χ2v) is 16.8. The minimum absolute atomic E-state index is 0.511. The third kappa shape index (κ3) is 7.30. The van der Waals surface area contributed by atoms with E-state index in [0.717, 1.165) is 65.1 Å². The normalized spacial score (nSPS) is 19.6. The molecule has 65 heavy (non-hydrogen) atoms. The Morgan fingerprint density at radius 2 is 1.08 bits per heavy atom. The highest BCUT2D eigenvalue weighted by molar-refractivity contribution is 5.84. The number of hydrogen-bond acceptors (Lipinski definition) is 10. The number of aliphatic hydroxyl groups is 2. The summed E-state index contributed by atoms with van der Waals surface area (Å²) in [4.78, 5) is 17.0. The van der Waals surface area contributed by atoms with Crippen molar-refractivity contribution in [3.63, 3.8) is 0 Å². The average Bonchev–Trinajstić information content (AvgIpc) is 4.15. The maximum Gasteiger partial charge on any atom is 0.167 e. The van der Waals surface area contributed by atoms with Crippen LogP contribution in [0.4, 0.5) is 5.82 Å². The van der Waals surface area contributed by atoms with Gasteiger partial charge >= 0.3 is 0 Å². The molecule has 2 aliphatic rings. The lowest BCUT2D eigenvalue weighted by molar-refractivity contribution is -0.0966. The van der Waals surface area contributed by atoms with Gasteiger partial charge in [0.1, 0.15) is 41.7 Å². The zero-order valence-electron chi connectivity index (χ0n) is 36.4. The molecule has 2 aromatic heterocycles. The van der Waals surface area contributed by atoms with E-state index in [0.29, 0.717) is 22.7 Å². The monoisotopic (exact) mass is 864 g/mol. The van der Waals surface area contributed by atoms with E-state index in [1.165, 1.54) is 0 Å². The summed E-state index contributed by atoms with van der Waals surface area (Å²) >= 11 is 0. The molecule has 2 saturated heterocycles. The van der Waals surface area contributed by atoms with Crippen molar-refractivity contribution in [3.8, 4) is 11.5 Å². The van der Waals surface area contributed by atoms with E-state index in [1.54, 1.807) is 26.9 Å². The Kier molecular flexibility index (Phi) is 11.6. The highest BCUT2D eigenvalue weighted by Crippen LogP contribution is 2.49. The minimum atomic E-state index is -1.27. The molecule has 0 amide bonds. The fourth-order valence-electron chi connectivity index (χ4n) is 10.4. The third-order valence-electron chi connectivity index (χ3n) is 13.5. The fraction of sp³-hybridized carbons (Fsp3) is 0.241. The van der Waals surface area contributed by atoms with Crippen molar-refractivity contribution in [2.75, 3.05) is 32.6 Å². The summed E-state index contributed by atoms with van der Waals surface area (Å²) < 4.78 is 20.2. The Balaban J connectivity index is 1.10. The van der Waals surface area contributed by atoms with Gasteiger partial charge < -0.3 is 29.7 Å². The maximum absolute atomic E-state index is 13.3. The molecule has 0 bridgehead atoms. The Labute approximate surface area is 379 Å². The SMILES string of the molecule is COc1ccc(C(Nc2ncnc3c2ncn3[C@@H]2O[C@H](C(O)C(c3ccccc3)(c3ccccc3)c3ccc(OC)cc3)[C@@H](O)[C@H]2N2CCCC2)(c2ccccc2)c2ccccc2)cc1. The summed E-state index contributed by atoms with van der Waals surface area (Å²) in [6.07, 6.45) is 1.04. The molecule has 5 atom stereocenters. The number of rotatable bonds is 14. The number of likely N-dealkylation sites (tertiary alicyclic amines) is 1. The van der Waals surface area contributed by atoms with Crippen molar-refractivity contribution in [1.29, 1.82) is 0 Å². The molecule has 6 aromatic carbocycles. The first-order valence-corrected chi connectivity index (χ1v) is 22.2. The summed E-state index contributed by atoms with van der Waals surface area (Å²) in [6.45, 7) is 1.55. The molecule has 3 N–H and O–H groups in total. The summed E-state index contributed by atoms with van der Waals surface area (Å²) in [5, 5.41) is 30.0. The predicted octanol–water partition coefficient (Wildman–Crippen LogP) is 8.37. The minimum Gasteiger partial charge on any atom is -0.497 e. The third-order valence-corrected chi connectivity index (χ3v) is 13.5. The molecule has 11 nitrogen and oxygen atoms in total. The van der Waals surface area contributed by atoms with E-state index in [-0.39, 0.29) is 0 Å². The van der Waals surface area contributed by atoms with Gasteiger partial charge in [0.15, 0.2) is 23.2 Å². The molecule has 0 spiro atoms. The highest BCUT2D eigenvalue weighted by atomic mass is 16.5. The van der Waals surface area contributed by atoms with Crippen LogP contribution in [0.2, 0.25) is 0 Å². The maximum atomic E-state index is 13.3. The van der Waals surface area contributed by atoms with Gasteiger partial charge in [-0.25, -0.2) is 15.0 Å². The Morgan fingerprint density at radius 1 is 0.615 bits per heavy atom. The second-order valence-electron chi connectivity index (χ2n) is 16.8. The lowest BCUT2D eigenvalue weighted by atomic mass is 9.64. The van der Waals surface area contributed by atoms with Gasteiger partial charge in [0.25, 0.3) is 0 Å². The fourth-order valence-corrected chi connectivity index (χ4v) is 10.4. The lowest BCUT2D eigenvalue weighted by Gasteiger charge is -2.43. The van der Waals surface area contributed by atoms with E-state index >= 15 is 0 Å². The smallest absolute Gasteiger partial charge is 0.167 e. The van der Waals surface area contributed by atoms with E-state index in [1.807, 2.05) is 138 Å². The number of benzene rings is 6. The Bertz CT molecular complexity index is 2730. The lowest BCUT2D eigenvalue weighted by Crippen LogP contribution is -2.54. The molecular weight excluding hydrogens is 813 g/mol. The van der Waals surface area contributed by atoms with E-state index < -0.39 is 41.5 Å². The van der Waals surface area contributed by atoms with Gasteiger partial charge in [0.2, 0.25) is 0 Å². The van der Waals surface area contributed by atoms with Crippen molar-refractivity contribution >= 4 is 17.0 Å². The van der Waals surface area contributed by atoms with Crippen LogP contribution in [-0.2, 0) is 15.7 Å². The number of imidazole rings is 1. The van der Waals surface area contributed by atoms with Gasteiger partial charge in [0, 0.05) is 0 Å². The van der Waals surface area contributed by atoms with Crippen LogP contribution >= 0.6 is 0 Å². The zero-order chi connectivity index (χ0) is 44.4. The van der Waals surface area contributed by atoms with Crippen LogP contribution in [0.15, 0.2) is 183 Å². The molecular formula is C54H52N6O5. The number of anilines is 1. The first-order chi connectivity index (χ1) is 32.0. The van der Waals surface area contributed by atoms with Crippen molar-refractivity contribution < 1.29 is 24.4 Å². The Hall–Kier alpha value is -6.89. The summed E-state index contributed by atoms with van der Waals surface area (Å²) in [6, 6.07) is 55.9. The molecule has 2 fully saturated rings. The summed E-state index contributed by atoms with van der Waals surface area (Å²) in [5.41, 5.74) is 4.45. The molecule has 0 saturated carbocycles. The molecule has 0 aliphatic carbocycles. The molecule has 2 aliphatic heterocycles. The second kappa shape index (κ2) is 17.9. The van der Waals surface area contributed by atoms with E-state index in [9.17, 15) is 10.2 Å². The topological polar surface area (TPSA) is 127 Å².